The molecule has 1 amide bonds. The first-order valence-corrected chi connectivity index (χ1v) is 7.73. The molecular weight excluding hydrogens is 322 g/mol. The molecule has 0 radical (unpaired) electrons. The van der Waals surface area contributed by atoms with E-state index in [0.717, 1.165) is 32.4 Å². The zero-order valence-electron chi connectivity index (χ0n) is 13.0. The van der Waals surface area contributed by atoms with E-state index in [0.29, 0.717) is 25.0 Å². The third-order valence-electron chi connectivity index (χ3n) is 3.86. The molecule has 1 unspecified atom stereocenters. The summed E-state index contributed by atoms with van der Waals surface area (Å²) in [6.07, 6.45) is 4.45. The Balaban J connectivity index is 0.00000264. The van der Waals surface area contributed by atoms with Gasteiger partial charge in [0.15, 0.2) is 5.82 Å². The molecule has 1 atom stereocenters. The van der Waals surface area contributed by atoms with E-state index in [-0.39, 0.29) is 30.9 Å². The lowest BCUT2D eigenvalue weighted by Crippen LogP contribution is -2.32. The van der Waals surface area contributed by atoms with Crippen molar-refractivity contribution >= 4 is 25.4 Å². The number of halogens is 1. The van der Waals surface area contributed by atoms with Crippen LogP contribution < -0.4 is 5.73 Å². The number of hydrogen-bond donors (Lipinski definition) is 3. The van der Waals surface area contributed by atoms with Crippen LogP contribution in [0.3, 0.4) is 0 Å². The van der Waals surface area contributed by atoms with Gasteiger partial charge in [-0.05, 0) is 36.0 Å². The number of amides is 1. The van der Waals surface area contributed by atoms with Crippen LogP contribution in [0.15, 0.2) is 0 Å². The molecule has 0 aliphatic carbocycles. The van der Waals surface area contributed by atoms with Gasteiger partial charge in [0.1, 0.15) is 6.54 Å². The number of carbonyl (C=O) groups is 1. The van der Waals surface area contributed by atoms with Gasteiger partial charge in [0.25, 0.3) is 0 Å². The Morgan fingerprint density at radius 1 is 1.30 bits per heavy atom. The minimum absolute atomic E-state index is 0. The number of hydrogen-bond acceptors (Lipinski definition) is 7. The molecular formula is C12H24BClN6O3. The molecule has 23 heavy (non-hydrogen) atoms. The van der Waals surface area contributed by atoms with Gasteiger partial charge in [0.05, 0.1) is 6.04 Å². The molecule has 1 aromatic heterocycles. The zero-order chi connectivity index (χ0) is 15.9. The maximum absolute atomic E-state index is 12.1. The fourth-order valence-corrected chi connectivity index (χ4v) is 2.60. The molecule has 4 N–H and O–H groups in total. The molecule has 1 aromatic rings. The topological polar surface area (TPSA) is 130 Å². The molecule has 2 rings (SSSR count). The van der Waals surface area contributed by atoms with Gasteiger partial charge in [0, 0.05) is 13.1 Å². The summed E-state index contributed by atoms with van der Waals surface area (Å²) >= 11 is 0. The highest BCUT2D eigenvalue weighted by Gasteiger charge is 2.22. The first-order valence-electron chi connectivity index (χ1n) is 7.73. The lowest BCUT2D eigenvalue weighted by Gasteiger charge is -2.16. The Kier molecular flexibility index (Phi) is 8.46. The van der Waals surface area contributed by atoms with E-state index in [1.165, 1.54) is 4.68 Å². The molecule has 1 saturated heterocycles. The van der Waals surface area contributed by atoms with Crippen LogP contribution in [0, 0.1) is 0 Å². The van der Waals surface area contributed by atoms with Gasteiger partial charge in [0.2, 0.25) is 5.91 Å². The van der Waals surface area contributed by atoms with Gasteiger partial charge < -0.3 is 20.7 Å². The number of unbranched alkanes of at least 4 members (excludes halogenated alkanes) is 1. The number of likely N-dealkylation sites (tertiary alicyclic amines) is 1. The van der Waals surface area contributed by atoms with Crippen molar-refractivity contribution in [1.29, 1.82) is 0 Å². The van der Waals surface area contributed by atoms with Gasteiger partial charge >= 0.3 is 7.12 Å². The molecule has 0 spiro atoms. The Bertz CT molecular complexity index is 483. The Morgan fingerprint density at radius 2 is 2.00 bits per heavy atom. The first-order chi connectivity index (χ1) is 10.6. The van der Waals surface area contributed by atoms with E-state index >= 15 is 0 Å². The highest BCUT2D eigenvalue weighted by atomic mass is 35.5. The molecule has 0 aromatic carbocycles. The van der Waals surface area contributed by atoms with E-state index in [1.54, 1.807) is 0 Å². The molecule has 1 aliphatic heterocycles. The largest absolute Gasteiger partial charge is 0.451 e. The minimum Gasteiger partial charge on any atom is -0.427 e. The van der Waals surface area contributed by atoms with Crippen LogP contribution in [0.4, 0.5) is 0 Å². The third kappa shape index (κ3) is 6.06. The van der Waals surface area contributed by atoms with E-state index in [4.69, 9.17) is 15.8 Å². The van der Waals surface area contributed by atoms with Crippen LogP contribution in [0.5, 0.6) is 0 Å². The fraction of sp³-hybridized carbons (Fsp3) is 0.833. The predicted molar refractivity (Wildman–Crippen MR) is 86.7 cm³/mol. The molecule has 2 heterocycles. The Hall–Kier alpha value is -1.23. The van der Waals surface area contributed by atoms with Crippen molar-refractivity contribution in [1.82, 2.24) is 25.1 Å². The smallest absolute Gasteiger partial charge is 0.427 e. The van der Waals surface area contributed by atoms with Crippen molar-refractivity contribution in [2.75, 3.05) is 13.1 Å². The van der Waals surface area contributed by atoms with Crippen molar-refractivity contribution in [2.24, 2.45) is 5.73 Å². The normalized spacial score (nSPS) is 15.3. The summed E-state index contributed by atoms with van der Waals surface area (Å²) in [5.74, 6) is 0.513. The van der Waals surface area contributed by atoms with E-state index in [2.05, 4.69) is 15.5 Å². The summed E-state index contributed by atoms with van der Waals surface area (Å²) in [5.41, 5.74) is 6.07. The highest BCUT2D eigenvalue weighted by Crippen LogP contribution is 2.15. The summed E-state index contributed by atoms with van der Waals surface area (Å²) in [4.78, 5) is 14.0. The maximum atomic E-state index is 12.1. The fourth-order valence-electron chi connectivity index (χ4n) is 2.60. The van der Waals surface area contributed by atoms with Crippen molar-refractivity contribution in [3.05, 3.63) is 5.82 Å². The second-order valence-corrected chi connectivity index (χ2v) is 5.65. The molecule has 130 valence electrons. The molecule has 1 fully saturated rings. The van der Waals surface area contributed by atoms with Crippen LogP contribution in [0.25, 0.3) is 0 Å². The summed E-state index contributed by atoms with van der Waals surface area (Å²) in [5, 5.41) is 29.0. The van der Waals surface area contributed by atoms with Crippen molar-refractivity contribution < 1.29 is 14.8 Å². The van der Waals surface area contributed by atoms with Crippen LogP contribution >= 0.6 is 12.4 Å². The summed E-state index contributed by atoms with van der Waals surface area (Å²) < 4.78 is 1.46. The van der Waals surface area contributed by atoms with E-state index in [9.17, 15) is 4.79 Å². The average Bonchev–Trinajstić information content (AvgIpc) is 3.14. The summed E-state index contributed by atoms with van der Waals surface area (Å²) in [6, 6.07) is -0.364. The number of rotatable bonds is 8. The second kappa shape index (κ2) is 9.81. The first kappa shape index (κ1) is 19.8. The highest BCUT2D eigenvalue weighted by molar-refractivity contribution is 6.40. The summed E-state index contributed by atoms with van der Waals surface area (Å²) in [6.45, 7) is 1.71. The van der Waals surface area contributed by atoms with Crippen molar-refractivity contribution in [3.8, 4) is 0 Å². The standard InChI is InChI=1S/C12H23BN6O3.ClH/c14-10(5-1-2-6-13(21)22)12-15-16-17-19(12)9-11(20)18-7-3-4-8-18;/h10,21-22H,1-9,14H2;1H. The SMILES string of the molecule is Cl.NC(CCCCB(O)O)c1nnnn1CC(=O)N1CCCC1. The Labute approximate surface area is 141 Å². The van der Waals surface area contributed by atoms with Crippen molar-refractivity contribution in [3.63, 3.8) is 0 Å². The average molecular weight is 347 g/mol. The van der Waals surface area contributed by atoms with Gasteiger partial charge in [-0.2, -0.15) is 0 Å². The van der Waals surface area contributed by atoms with Crippen LogP contribution in [-0.4, -0.2) is 61.3 Å². The number of tetrazole rings is 1. The Morgan fingerprint density at radius 3 is 2.65 bits per heavy atom. The lowest BCUT2D eigenvalue weighted by molar-refractivity contribution is -0.131. The number of aromatic nitrogens is 4. The zero-order valence-corrected chi connectivity index (χ0v) is 13.9. The number of nitrogens with two attached hydrogens (primary N) is 1. The molecule has 0 saturated carbocycles. The van der Waals surface area contributed by atoms with Crippen LogP contribution in [-0.2, 0) is 11.3 Å². The van der Waals surface area contributed by atoms with Gasteiger partial charge in [-0.25, -0.2) is 4.68 Å². The summed E-state index contributed by atoms with van der Waals surface area (Å²) in [7, 11) is -1.28. The number of nitrogens with zero attached hydrogens (tertiary/aromatic N) is 5. The van der Waals surface area contributed by atoms with Gasteiger partial charge in [-0.15, -0.1) is 17.5 Å². The second-order valence-electron chi connectivity index (χ2n) is 5.65. The molecule has 1 aliphatic rings. The van der Waals surface area contributed by atoms with Crippen LogP contribution in [0.2, 0.25) is 6.32 Å². The van der Waals surface area contributed by atoms with Crippen molar-refractivity contribution in [2.45, 2.75) is 51.0 Å². The van der Waals surface area contributed by atoms with Crippen LogP contribution in [0.1, 0.15) is 44.0 Å². The van der Waals surface area contributed by atoms with Gasteiger partial charge in [-0.1, -0.05) is 12.8 Å². The predicted octanol–water partition coefficient (Wildman–Crippen LogP) is -0.640. The lowest BCUT2D eigenvalue weighted by atomic mass is 9.83. The third-order valence-corrected chi connectivity index (χ3v) is 3.86. The van der Waals surface area contributed by atoms with E-state index in [1.807, 2.05) is 4.90 Å². The quantitative estimate of drug-likeness (QED) is 0.421. The minimum atomic E-state index is -1.28. The molecule has 11 heteroatoms. The van der Waals surface area contributed by atoms with Gasteiger partial charge in [-0.3, -0.25) is 4.79 Å². The maximum Gasteiger partial charge on any atom is 0.451 e. The molecule has 9 nitrogen and oxygen atoms in total. The number of carbonyl (C=O) groups excluding carboxylic acids is 1. The monoisotopic (exact) mass is 346 g/mol. The molecule has 0 bridgehead atoms. The van der Waals surface area contributed by atoms with E-state index < -0.39 is 7.12 Å².